The molecule has 1 aromatic carbocycles. The predicted octanol–water partition coefficient (Wildman–Crippen LogP) is 0.583. The second kappa shape index (κ2) is 7.10. The number of primary amides is 1. The summed E-state index contributed by atoms with van der Waals surface area (Å²) in [5, 5.41) is 3.10. The first kappa shape index (κ1) is 16.0. The SMILES string of the molecule is NC(=O)CO[C@@H]1CCN([C@H](C(=O)NC2CC2)c2ccccc2)C1. The molecule has 1 saturated carbocycles. The van der Waals surface area contributed by atoms with Crippen LogP contribution in [0.25, 0.3) is 0 Å². The fraction of sp³-hybridized carbons (Fsp3) is 0.529. The van der Waals surface area contributed by atoms with Gasteiger partial charge < -0.3 is 15.8 Å². The van der Waals surface area contributed by atoms with E-state index < -0.39 is 5.91 Å². The van der Waals surface area contributed by atoms with E-state index in [1.165, 1.54) is 0 Å². The highest BCUT2D eigenvalue weighted by atomic mass is 16.5. The molecule has 2 aliphatic rings. The summed E-state index contributed by atoms with van der Waals surface area (Å²) in [6.45, 7) is 1.33. The van der Waals surface area contributed by atoms with Crippen LogP contribution in [0, 0.1) is 0 Å². The van der Waals surface area contributed by atoms with Crippen LogP contribution in [-0.4, -0.2) is 48.6 Å². The number of amides is 2. The molecular weight excluding hydrogens is 294 g/mol. The second-order valence-electron chi connectivity index (χ2n) is 6.28. The quantitative estimate of drug-likeness (QED) is 0.770. The van der Waals surface area contributed by atoms with Crippen molar-refractivity contribution in [1.82, 2.24) is 10.2 Å². The summed E-state index contributed by atoms with van der Waals surface area (Å²) in [7, 11) is 0. The van der Waals surface area contributed by atoms with Gasteiger partial charge in [-0.2, -0.15) is 0 Å². The number of hydrogen-bond donors (Lipinski definition) is 2. The minimum absolute atomic E-state index is 0.0502. The first-order valence-electron chi connectivity index (χ1n) is 8.13. The van der Waals surface area contributed by atoms with Gasteiger partial charge >= 0.3 is 0 Å². The van der Waals surface area contributed by atoms with Gasteiger partial charge in [0.1, 0.15) is 12.6 Å². The van der Waals surface area contributed by atoms with E-state index in [1.54, 1.807) is 0 Å². The van der Waals surface area contributed by atoms with Crippen LogP contribution in [-0.2, 0) is 14.3 Å². The van der Waals surface area contributed by atoms with Gasteiger partial charge in [-0.3, -0.25) is 14.5 Å². The molecule has 0 unspecified atom stereocenters. The first-order chi connectivity index (χ1) is 11.1. The van der Waals surface area contributed by atoms with E-state index in [2.05, 4.69) is 10.2 Å². The van der Waals surface area contributed by atoms with E-state index in [1.807, 2.05) is 30.3 Å². The van der Waals surface area contributed by atoms with Crippen LogP contribution in [0.3, 0.4) is 0 Å². The summed E-state index contributed by atoms with van der Waals surface area (Å²) in [4.78, 5) is 25.7. The van der Waals surface area contributed by atoms with Gasteiger partial charge in [0.25, 0.3) is 0 Å². The summed E-state index contributed by atoms with van der Waals surface area (Å²) >= 11 is 0. The summed E-state index contributed by atoms with van der Waals surface area (Å²) < 4.78 is 5.51. The van der Waals surface area contributed by atoms with Crippen LogP contribution in [0.5, 0.6) is 0 Å². The molecule has 1 aromatic rings. The molecule has 1 heterocycles. The number of ether oxygens (including phenoxy) is 1. The number of benzene rings is 1. The third-order valence-electron chi connectivity index (χ3n) is 4.29. The average Bonchev–Trinajstić information content (AvgIpc) is 3.22. The maximum atomic E-state index is 12.7. The van der Waals surface area contributed by atoms with Crippen molar-refractivity contribution in [3.63, 3.8) is 0 Å². The Balaban J connectivity index is 1.68. The molecule has 1 aliphatic carbocycles. The molecule has 3 N–H and O–H groups in total. The number of nitrogens with two attached hydrogens (primary N) is 1. The molecule has 0 spiro atoms. The highest BCUT2D eigenvalue weighted by Crippen LogP contribution is 2.28. The van der Waals surface area contributed by atoms with Crippen molar-refractivity contribution in [2.45, 2.75) is 37.5 Å². The minimum atomic E-state index is -0.463. The Morgan fingerprint density at radius 2 is 2.00 bits per heavy atom. The highest BCUT2D eigenvalue weighted by molar-refractivity contribution is 5.83. The topological polar surface area (TPSA) is 84.7 Å². The normalized spacial score (nSPS) is 22.7. The summed E-state index contributed by atoms with van der Waals surface area (Å²) in [6, 6.07) is 9.83. The predicted molar refractivity (Wildman–Crippen MR) is 85.5 cm³/mol. The maximum Gasteiger partial charge on any atom is 0.243 e. The monoisotopic (exact) mass is 317 g/mol. The number of carbonyl (C=O) groups is 2. The Kier molecular flexibility index (Phi) is 4.93. The van der Waals surface area contributed by atoms with Crippen LogP contribution in [0.1, 0.15) is 30.9 Å². The lowest BCUT2D eigenvalue weighted by molar-refractivity contribution is -0.127. The van der Waals surface area contributed by atoms with Gasteiger partial charge in [0, 0.05) is 19.1 Å². The van der Waals surface area contributed by atoms with Crippen molar-refractivity contribution < 1.29 is 14.3 Å². The summed E-state index contributed by atoms with van der Waals surface area (Å²) in [5.74, 6) is -0.413. The molecule has 2 fully saturated rings. The number of likely N-dealkylation sites (tertiary alicyclic amines) is 1. The molecule has 6 nitrogen and oxygen atoms in total. The number of rotatable bonds is 7. The molecule has 0 aromatic heterocycles. The minimum Gasteiger partial charge on any atom is -0.368 e. The van der Waals surface area contributed by atoms with E-state index in [-0.39, 0.29) is 24.7 Å². The molecule has 0 bridgehead atoms. The molecule has 2 atom stereocenters. The average molecular weight is 317 g/mol. The van der Waals surface area contributed by atoms with Crippen molar-refractivity contribution in [2.75, 3.05) is 19.7 Å². The maximum absolute atomic E-state index is 12.7. The Morgan fingerprint density at radius 1 is 1.26 bits per heavy atom. The lowest BCUT2D eigenvalue weighted by Crippen LogP contribution is -2.41. The molecule has 1 saturated heterocycles. The Labute approximate surface area is 136 Å². The van der Waals surface area contributed by atoms with Crippen LogP contribution in [0.4, 0.5) is 0 Å². The van der Waals surface area contributed by atoms with Gasteiger partial charge in [-0.15, -0.1) is 0 Å². The Morgan fingerprint density at radius 3 is 2.65 bits per heavy atom. The van der Waals surface area contributed by atoms with E-state index in [0.717, 1.165) is 31.4 Å². The largest absolute Gasteiger partial charge is 0.368 e. The number of hydrogen-bond acceptors (Lipinski definition) is 4. The fourth-order valence-electron chi connectivity index (χ4n) is 3.00. The fourth-order valence-corrected chi connectivity index (χ4v) is 3.00. The number of carbonyl (C=O) groups excluding carboxylic acids is 2. The molecule has 2 amide bonds. The summed E-state index contributed by atoms with van der Waals surface area (Å²) in [5.41, 5.74) is 6.11. The zero-order chi connectivity index (χ0) is 16.2. The van der Waals surface area contributed by atoms with Gasteiger partial charge in [-0.1, -0.05) is 30.3 Å². The van der Waals surface area contributed by atoms with E-state index >= 15 is 0 Å². The molecule has 23 heavy (non-hydrogen) atoms. The van der Waals surface area contributed by atoms with Crippen LogP contribution in [0.2, 0.25) is 0 Å². The number of nitrogens with one attached hydrogen (secondary N) is 1. The zero-order valence-corrected chi connectivity index (χ0v) is 13.1. The van der Waals surface area contributed by atoms with E-state index in [4.69, 9.17) is 10.5 Å². The highest BCUT2D eigenvalue weighted by Gasteiger charge is 2.36. The Bertz CT molecular complexity index is 559. The third kappa shape index (κ3) is 4.30. The van der Waals surface area contributed by atoms with Crippen molar-refractivity contribution in [2.24, 2.45) is 5.73 Å². The van der Waals surface area contributed by atoms with E-state index in [9.17, 15) is 9.59 Å². The van der Waals surface area contributed by atoms with Gasteiger partial charge in [0.05, 0.1) is 6.10 Å². The van der Waals surface area contributed by atoms with Crippen molar-refractivity contribution >= 4 is 11.8 Å². The van der Waals surface area contributed by atoms with Gasteiger partial charge in [0.2, 0.25) is 11.8 Å². The smallest absolute Gasteiger partial charge is 0.243 e. The summed E-state index contributed by atoms with van der Waals surface area (Å²) in [6.07, 6.45) is 2.88. The van der Waals surface area contributed by atoms with Crippen molar-refractivity contribution in [1.29, 1.82) is 0 Å². The van der Waals surface area contributed by atoms with Gasteiger partial charge in [0.15, 0.2) is 0 Å². The number of nitrogens with zero attached hydrogens (tertiary/aromatic N) is 1. The standard InChI is InChI=1S/C17H23N3O3/c18-15(21)11-23-14-8-9-20(10-14)16(12-4-2-1-3-5-12)17(22)19-13-6-7-13/h1-5,13-14,16H,6-11H2,(H2,18,21)(H,19,22)/t14-,16+/m1/s1. The van der Waals surface area contributed by atoms with Crippen LogP contribution in [0.15, 0.2) is 30.3 Å². The van der Waals surface area contributed by atoms with Crippen molar-refractivity contribution in [3.8, 4) is 0 Å². The third-order valence-corrected chi connectivity index (χ3v) is 4.29. The molecule has 124 valence electrons. The first-order valence-corrected chi connectivity index (χ1v) is 8.13. The Hall–Kier alpha value is -1.92. The lowest BCUT2D eigenvalue weighted by atomic mass is 10.0. The molecular formula is C17H23N3O3. The van der Waals surface area contributed by atoms with Crippen LogP contribution < -0.4 is 11.1 Å². The van der Waals surface area contributed by atoms with Gasteiger partial charge in [-0.25, -0.2) is 0 Å². The zero-order valence-electron chi connectivity index (χ0n) is 13.1. The van der Waals surface area contributed by atoms with Gasteiger partial charge in [-0.05, 0) is 24.8 Å². The molecule has 6 heteroatoms. The lowest BCUT2D eigenvalue weighted by Gasteiger charge is -2.27. The van der Waals surface area contributed by atoms with E-state index in [0.29, 0.717) is 12.6 Å². The molecule has 0 radical (unpaired) electrons. The molecule has 3 rings (SSSR count). The second-order valence-corrected chi connectivity index (χ2v) is 6.28. The molecule has 1 aliphatic heterocycles. The van der Waals surface area contributed by atoms with Crippen molar-refractivity contribution in [3.05, 3.63) is 35.9 Å². The van der Waals surface area contributed by atoms with Crippen LogP contribution >= 0.6 is 0 Å².